The van der Waals surface area contributed by atoms with Crippen LogP contribution in [-0.4, -0.2) is 52.6 Å². The summed E-state index contributed by atoms with van der Waals surface area (Å²) in [4.78, 5) is 52.8. The van der Waals surface area contributed by atoms with Crippen LogP contribution in [-0.2, 0) is 9.59 Å². The van der Waals surface area contributed by atoms with Crippen molar-refractivity contribution in [3.05, 3.63) is 81.4 Å². The van der Waals surface area contributed by atoms with E-state index in [1.165, 1.54) is 32.4 Å². The SMILES string of the molecule is COc1ccc(NC(=O)CN2C(=O)S/C(=C/c3ccc(Oc4ccc([N+](=O)[O-])cn4)c(OC)c3)C2=O)cc1. The lowest BCUT2D eigenvalue weighted by molar-refractivity contribution is -0.385. The number of nitro groups is 1. The summed E-state index contributed by atoms with van der Waals surface area (Å²) >= 11 is 0.719. The van der Waals surface area contributed by atoms with E-state index in [2.05, 4.69) is 10.3 Å². The summed E-state index contributed by atoms with van der Waals surface area (Å²) in [6.45, 7) is -0.438. The van der Waals surface area contributed by atoms with Crippen LogP contribution in [0.3, 0.4) is 0 Å². The number of carbonyl (C=O) groups excluding carboxylic acids is 3. The topological polar surface area (TPSA) is 150 Å². The number of pyridine rings is 1. The molecule has 0 bridgehead atoms. The van der Waals surface area contributed by atoms with Crippen LogP contribution in [0.4, 0.5) is 16.2 Å². The van der Waals surface area contributed by atoms with E-state index < -0.39 is 28.5 Å². The van der Waals surface area contributed by atoms with E-state index in [0.29, 0.717) is 22.7 Å². The molecule has 0 radical (unpaired) electrons. The average Bonchev–Trinajstić information content (AvgIpc) is 3.17. The Morgan fingerprint density at radius 2 is 1.84 bits per heavy atom. The van der Waals surface area contributed by atoms with Crippen LogP contribution in [0.25, 0.3) is 6.08 Å². The Labute approximate surface area is 220 Å². The second-order valence-corrected chi connectivity index (χ2v) is 8.66. The van der Waals surface area contributed by atoms with Crippen LogP contribution < -0.4 is 19.5 Å². The molecule has 38 heavy (non-hydrogen) atoms. The quantitative estimate of drug-likeness (QED) is 0.236. The molecule has 1 fully saturated rings. The number of hydrogen-bond acceptors (Lipinski definition) is 10. The highest BCUT2D eigenvalue weighted by atomic mass is 32.2. The van der Waals surface area contributed by atoms with Crippen molar-refractivity contribution in [2.24, 2.45) is 0 Å². The van der Waals surface area contributed by atoms with Gasteiger partial charge in [-0.25, -0.2) is 4.98 Å². The summed E-state index contributed by atoms with van der Waals surface area (Å²) < 4.78 is 16.1. The van der Waals surface area contributed by atoms with E-state index in [-0.39, 0.29) is 22.2 Å². The molecule has 0 aliphatic carbocycles. The van der Waals surface area contributed by atoms with Gasteiger partial charge in [-0.1, -0.05) is 6.07 Å². The summed E-state index contributed by atoms with van der Waals surface area (Å²) in [6.07, 6.45) is 2.58. The molecule has 12 nitrogen and oxygen atoms in total. The first-order valence-electron chi connectivity index (χ1n) is 10.9. The smallest absolute Gasteiger partial charge is 0.294 e. The lowest BCUT2D eigenvalue weighted by Gasteiger charge is -2.12. The molecule has 4 rings (SSSR count). The van der Waals surface area contributed by atoms with Gasteiger partial charge in [0.25, 0.3) is 16.8 Å². The van der Waals surface area contributed by atoms with Gasteiger partial charge in [0.15, 0.2) is 11.5 Å². The first-order valence-corrected chi connectivity index (χ1v) is 11.7. The third-order valence-electron chi connectivity index (χ3n) is 5.18. The molecule has 2 heterocycles. The molecule has 13 heteroatoms. The molecular weight excluding hydrogens is 516 g/mol. The van der Waals surface area contributed by atoms with Crippen LogP contribution >= 0.6 is 11.8 Å². The molecule has 1 aromatic heterocycles. The molecule has 1 N–H and O–H groups in total. The zero-order valence-corrected chi connectivity index (χ0v) is 20.9. The second kappa shape index (κ2) is 11.4. The zero-order valence-electron chi connectivity index (χ0n) is 20.1. The van der Waals surface area contributed by atoms with Gasteiger partial charge in [0.2, 0.25) is 11.8 Å². The van der Waals surface area contributed by atoms with Crippen LogP contribution in [0.15, 0.2) is 65.7 Å². The minimum Gasteiger partial charge on any atom is -0.497 e. The number of methoxy groups -OCH3 is 2. The van der Waals surface area contributed by atoms with Crippen molar-refractivity contribution in [2.75, 3.05) is 26.1 Å². The van der Waals surface area contributed by atoms with Gasteiger partial charge < -0.3 is 19.5 Å². The molecule has 1 aliphatic heterocycles. The predicted octanol–water partition coefficient (Wildman–Crippen LogP) is 4.47. The number of carbonyl (C=O) groups is 3. The van der Waals surface area contributed by atoms with Gasteiger partial charge in [-0.15, -0.1) is 0 Å². The summed E-state index contributed by atoms with van der Waals surface area (Å²) in [7, 11) is 2.95. The van der Waals surface area contributed by atoms with E-state index in [0.717, 1.165) is 22.9 Å². The van der Waals surface area contributed by atoms with Gasteiger partial charge in [-0.2, -0.15) is 0 Å². The lowest BCUT2D eigenvalue weighted by atomic mass is 10.2. The Morgan fingerprint density at radius 1 is 1.08 bits per heavy atom. The van der Waals surface area contributed by atoms with Crippen LogP contribution in [0.1, 0.15) is 5.56 Å². The standard InChI is InChI=1S/C25H20N4O8S/c1-35-18-7-4-16(5-8-18)27-22(30)14-28-24(31)21(38-25(28)32)12-15-3-9-19(20(11-15)36-2)37-23-10-6-17(13-26-23)29(33)34/h3-13H,14H2,1-2H3,(H,27,30)/b21-12+. The minimum absolute atomic E-state index is 0.121. The highest BCUT2D eigenvalue weighted by Gasteiger charge is 2.36. The number of hydrogen-bond donors (Lipinski definition) is 1. The normalized spacial score (nSPS) is 13.9. The second-order valence-electron chi connectivity index (χ2n) is 7.67. The zero-order chi connectivity index (χ0) is 27.2. The Bertz CT molecular complexity index is 1420. The Hall–Kier alpha value is -4.91. The number of thioether (sulfide) groups is 1. The van der Waals surface area contributed by atoms with E-state index in [4.69, 9.17) is 14.2 Å². The van der Waals surface area contributed by atoms with E-state index in [9.17, 15) is 24.5 Å². The number of benzene rings is 2. The first kappa shape index (κ1) is 26.2. The highest BCUT2D eigenvalue weighted by Crippen LogP contribution is 2.36. The highest BCUT2D eigenvalue weighted by molar-refractivity contribution is 8.18. The van der Waals surface area contributed by atoms with Crippen molar-refractivity contribution in [3.8, 4) is 23.1 Å². The number of anilines is 1. The summed E-state index contributed by atoms with van der Waals surface area (Å²) in [6, 6.07) is 14.0. The summed E-state index contributed by atoms with van der Waals surface area (Å²) in [5.74, 6) is 0.210. The fourth-order valence-corrected chi connectivity index (χ4v) is 4.16. The van der Waals surface area contributed by atoms with Crippen LogP contribution in [0.5, 0.6) is 23.1 Å². The number of aromatic nitrogens is 1. The average molecular weight is 537 g/mol. The number of nitrogens with zero attached hydrogens (tertiary/aromatic N) is 3. The molecule has 3 aromatic rings. The van der Waals surface area contributed by atoms with Gasteiger partial charge in [-0.3, -0.25) is 29.4 Å². The molecule has 0 atom stereocenters. The summed E-state index contributed by atoms with van der Waals surface area (Å²) in [5.41, 5.74) is 0.863. The largest absolute Gasteiger partial charge is 0.497 e. The molecule has 2 aromatic carbocycles. The Kier molecular flexibility index (Phi) is 7.87. The molecule has 0 saturated carbocycles. The molecule has 1 saturated heterocycles. The number of amides is 3. The Morgan fingerprint density at radius 3 is 2.47 bits per heavy atom. The van der Waals surface area contributed by atoms with E-state index in [1.54, 1.807) is 42.5 Å². The monoisotopic (exact) mass is 536 g/mol. The van der Waals surface area contributed by atoms with Crippen molar-refractivity contribution in [2.45, 2.75) is 0 Å². The number of nitrogens with one attached hydrogen (secondary N) is 1. The van der Waals surface area contributed by atoms with Crippen LogP contribution in [0, 0.1) is 10.1 Å². The maximum Gasteiger partial charge on any atom is 0.294 e. The third kappa shape index (κ3) is 6.07. The van der Waals surface area contributed by atoms with Crippen LogP contribution in [0.2, 0.25) is 0 Å². The molecule has 1 aliphatic rings. The first-order chi connectivity index (χ1) is 18.3. The number of imide groups is 1. The number of ether oxygens (including phenoxy) is 3. The maximum absolute atomic E-state index is 12.8. The molecule has 0 spiro atoms. The van der Waals surface area contributed by atoms with Crippen molar-refractivity contribution >= 4 is 46.3 Å². The molecule has 3 amide bonds. The summed E-state index contributed by atoms with van der Waals surface area (Å²) in [5, 5.41) is 12.9. The molecule has 0 unspecified atom stereocenters. The maximum atomic E-state index is 12.8. The predicted molar refractivity (Wildman–Crippen MR) is 138 cm³/mol. The van der Waals surface area contributed by atoms with Crippen molar-refractivity contribution in [1.29, 1.82) is 0 Å². The minimum atomic E-state index is -0.598. The number of rotatable bonds is 9. The third-order valence-corrected chi connectivity index (χ3v) is 6.09. The van der Waals surface area contributed by atoms with Gasteiger partial charge in [0, 0.05) is 17.8 Å². The van der Waals surface area contributed by atoms with Gasteiger partial charge in [-0.05, 0) is 59.8 Å². The van der Waals surface area contributed by atoms with Crippen molar-refractivity contribution in [3.63, 3.8) is 0 Å². The molecule has 194 valence electrons. The van der Waals surface area contributed by atoms with E-state index >= 15 is 0 Å². The fourth-order valence-electron chi connectivity index (χ4n) is 3.32. The fraction of sp³-hybridized carbons (Fsp3) is 0.120. The van der Waals surface area contributed by atoms with Gasteiger partial charge in [0.1, 0.15) is 18.5 Å². The van der Waals surface area contributed by atoms with Crippen molar-refractivity contribution < 1.29 is 33.5 Å². The van der Waals surface area contributed by atoms with E-state index in [1.807, 2.05) is 0 Å². The lowest BCUT2D eigenvalue weighted by Crippen LogP contribution is -2.36. The van der Waals surface area contributed by atoms with Crippen molar-refractivity contribution in [1.82, 2.24) is 9.88 Å². The Balaban J connectivity index is 1.43. The van der Waals surface area contributed by atoms with Gasteiger partial charge >= 0.3 is 0 Å². The molecular formula is C25H20N4O8S. The van der Waals surface area contributed by atoms with Gasteiger partial charge in [0.05, 0.1) is 24.0 Å².